The molecule has 0 spiro atoms. The predicted octanol–water partition coefficient (Wildman–Crippen LogP) is 3.49. The van der Waals surface area contributed by atoms with E-state index in [1.54, 1.807) is 30.1 Å². The summed E-state index contributed by atoms with van der Waals surface area (Å²) < 4.78 is 29.9. The topological polar surface area (TPSA) is 87.2 Å². The van der Waals surface area contributed by atoms with Crippen LogP contribution in [0.3, 0.4) is 0 Å². The standard InChI is InChI=1S/C18H14ClN3O3S/c1-25-16-9-8-15-14(17(16)19)7-2-11-10-21-22(18(11)15)12-3-5-13(6-4-12)26(20,23)24/h2-10H,1H3,(H2,20,23,24). The zero-order valence-corrected chi connectivity index (χ0v) is 15.3. The van der Waals surface area contributed by atoms with Crippen molar-refractivity contribution in [2.24, 2.45) is 5.14 Å². The lowest BCUT2D eigenvalue weighted by atomic mass is 10.1. The van der Waals surface area contributed by atoms with Gasteiger partial charge in [0.1, 0.15) is 5.75 Å². The molecule has 0 bridgehead atoms. The predicted molar refractivity (Wildman–Crippen MR) is 102 cm³/mol. The molecule has 3 aromatic carbocycles. The number of benzene rings is 3. The van der Waals surface area contributed by atoms with Crippen LogP contribution >= 0.6 is 11.6 Å². The molecular formula is C18H14ClN3O3S. The molecule has 0 aliphatic carbocycles. The molecule has 132 valence electrons. The van der Waals surface area contributed by atoms with Gasteiger partial charge in [-0.1, -0.05) is 23.7 Å². The van der Waals surface area contributed by atoms with Crippen molar-refractivity contribution in [3.63, 3.8) is 0 Å². The number of halogens is 1. The van der Waals surface area contributed by atoms with Crippen molar-refractivity contribution in [1.29, 1.82) is 0 Å². The van der Waals surface area contributed by atoms with Crippen molar-refractivity contribution < 1.29 is 13.2 Å². The molecule has 1 heterocycles. The first-order chi connectivity index (χ1) is 12.4. The Labute approximate surface area is 154 Å². The van der Waals surface area contributed by atoms with Gasteiger partial charge in [-0.3, -0.25) is 0 Å². The Morgan fingerprint density at radius 2 is 1.73 bits per heavy atom. The highest BCUT2D eigenvalue weighted by atomic mass is 35.5. The second-order valence-corrected chi connectivity index (χ2v) is 7.71. The highest BCUT2D eigenvalue weighted by Crippen LogP contribution is 2.36. The van der Waals surface area contributed by atoms with Gasteiger partial charge < -0.3 is 4.74 Å². The van der Waals surface area contributed by atoms with Crippen LogP contribution in [0.4, 0.5) is 0 Å². The average molecular weight is 388 g/mol. The van der Waals surface area contributed by atoms with E-state index in [9.17, 15) is 8.42 Å². The number of sulfonamides is 1. The van der Waals surface area contributed by atoms with Gasteiger partial charge >= 0.3 is 0 Å². The zero-order chi connectivity index (χ0) is 18.5. The van der Waals surface area contributed by atoms with Crippen LogP contribution in [0.25, 0.3) is 27.4 Å². The molecule has 0 aliphatic heterocycles. The summed E-state index contributed by atoms with van der Waals surface area (Å²) in [5, 5.41) is 12.8. The van der Waals surface area contributed by atoms with E-state index in [0.29, 0.717) is 16.5 Å². The minimum Gasteiger partial charge on any atom is -0.495 e. The third-order valence-corrected chi connectivity index (χ3v) is 5.58. The number of aromatic nitrogens is 2. The Kier molecular flexibility index (Phi) is 3.87. The van der Waals surface area contributed by atoms with Crippen molar-refractivity contribution in [3.05, 3.63) is 59.8 Å². The molecule has 0 unspecified atom stereocenters. The highest BCUT2D eigenvalue weighted by molar-refractivity contribution is 7.89. The number of nitrogens with two attached hydrogens (primary N) is 1. The van der Waals surface area contributed by atoms with Crippen LogP contribution in [0.2, 0.25) is 5.02 Å². The third-order valence-electron chi connectivity index (χ3n) is 4.26. The van der Waals surface area contributed by atoms with E-state index in [2.05, 4.69) is 5.10 Å². The first-order valence-corrected chi connectivity index (χ1v) is 9.59. The molecule has 1 aromatic heterocycles. The molecule has 0 atom stereocenters. The molecule has 0 amide bonds. The number of hydrogen-bond donors (Lipinski definition) is 1. The quantitative estimate of drug-likeness (QED) is 0.583. The number of methoxy groups -OCH3 is 1. The molecule has 0 aliphatic rings. The molecule has 0 saturated carbocycles. The van der Waals surface area contributed by atoms with Crippen molar-refractivity contribution in [2.45, 2.75) is 4.90 Å². The number of ether oxygens (including phenoxy) is 1. The lowest BCUT2D eigenvalue weighted by Gasteiger charge is -2.10. The Morgan fingerprint density at radius 1 is 1.04 bits per heavy atom. The zero-order valence-electron chi connectivity index (χ0n) is 13.7. The molecule has 0 fully saturated rings. The number of hydrogen-bond acceptors (Lipinski definition) is 4. The van der Waals surface area contributed by atoms with E-state index < -0.39 is 10.0 Å². The normalized spacial score (nSPS) is 12.0. The molecule has 8 heteroatoms. The molecule has 2 N–H and O–H groups in total. The lowest BCUT2D eigenvalue weighted by Crippen LogP contribution is -2.12. The second-order valence-electron chi connectivity index (χ2n) is 5.78. The van der Waals surface area contributed by atoms with Crippen molar-refractivity contribution in [1.82, 2.24) is 9.78 Å². The van der Waals surface area contributed by atoms with E-state index in [4.69, 9.17) is 21.5 Å². The fraction of sp³-hybridized carbons (Fsp3) is 0.0556. The van der Waals surface area contributed by atoms with Gasteiger partial charge in [0.2, 0.25) is 10.0 Å². The van der Waals surface area contributed by atoms with Gasteiger partial charge in [-0.25, -0.2) is 18.2 Å². The van der Waals surface area contributed by atoms with Gasteiger partial charge in [0.05, 0.1) is 34.4 Å². The number of rotatable bonds is 3. The molecular weight excluding hydrogens is 374 g/mol. The van der Waals surface area contributed by atoms with E-state index >= 15 is 0 Å². The molecule has 0 radical (unpaired) electrons. The lowest BCUT2D eigenvalue weighted by molar-refractivity contribution is 0.415. The Hall–Kier alpha value is -2.61. The van der Waals surface area contributed by atoms with E-state index in [1.807, 2.05) is 24.3 Å². The summed E-state index contributed by atoms with van der Waals surface area (Å²) in [5.74, 6) is 0.599. The first kappa shape index (κ1) is 16.8. The third kappa shape index (κ3) is 2.61. The minimum atomic E-state index is -3.74. The number of fused-ring (bicyclic) bond motifs is 3. The van der Waals surface area contributed by atoms with Gasteiger partial charge in [0, 0.05) is 16.2 Å². The smallest absolute Gasteiger partial charge is 0.238 e. The van der Waals surface area contributed by atoms with Crippen LogP contribution in [-0.2, 0) is 10.0 Å². The van der Waals surface area contributed by atoms with E-state index in [-0.39, 0.29) is 4.90 Å². The maximum absolute atomic E-state index is 11.4. The summed E-state index contributed by atoms with van der Waals surface area (Å²) in [6, 6.07) is 13.8. The molecule has 26 heavy (non-hydrogen) atoms. The first-order valence-electron chi connectivity index (χ1n) is 7.66. The van der Waals surface area contributed by atoms with E-state index in [0.717, 1.165) is 21.7 Å². The van der Waals surface area contributed by atoms with Crippen molar-refractivity contribution >= 4 is 43.3 Å². The summed E-state index contributed by atoms with van der Waals surface area (Å²) in [4.78, 5) is 0.0513. The van der Waals surface area contributed by atoms with Crippen LogP contribution < -0.4 is 9.88 Å². The minimum absolute atomic E-state index is 0.0513. The van der Waals surface area contributed by atoms with Crippen LogP contribution in [-0.4, -0.2) is 25.3 Å². The summed E-state index contributed by atoms with van der Waals surface area (Å²) in [5.41, 5.74) is 1.59. The largest absolute Gasteiger partial charge is 0.495 e. The summed E-state index contributed by atoms with van der Waals surface area (Å²) >= 11 is 6.44. The second kappa shape index (κ2) is 5.98. The Morgan fingerprint density at radius 3 is 2.38 bits per heavy atom. The van der Waals surface area contributed by atoms with E-state index in [1.165, 1.54) is 12.1 Å². The summed E-state index contributed by atoms with van der Waals surface area (Å²) in [7, 11) is -2.17. The molecule has 6 nitrogen and oxygen atoms in total. The molecule has 4 rings (SSSR count). The summed E-state index contributed by atoms with van der Waals surface area (Å²) in [6.45, 7) is 0. The van der Waals surface area contributed by atoms with Crippen molar-refractivity contribution in [2.75, 3.05) is 7.11 Å². The monoisotopic (exact) mass is 387 g/mol. The fourth-order valence-corrected chi connectivity index (χ4v) is 3.82. The average Bonchev–Trinajstić information content (AvgIpc) is 3.06. The van der Waals surface area contributed by atoms with Crippen molar-refractivity contribution in [3.8, 4) is 11.4 Å². The molecule has 4 aromatic rings. The SMILES string of the molecule is COc1ccc2c(ccc3cnn(-c4ccc(S(N)(=O)=O)cc4)c32)c1Cl. The van der Waals surface area contributed by atoms with Gasteiger partial charge in [-0.05, 0) is 36.4 Å². The Bertz CT molecular complexity index is 1250. The van der Waals surface area contributed by atoms with Gasteiger partial charge in [0.15, 0.2) is 0 Å². The fourth-order valence-electron chi connectivity index (χ4n) is 3.00. The van der Waals surface area contributed by atoms with Crippen LogP contribution in [0.1, 0.15) is 0 Å². The van der Waals surface area contributed by atoms with Gasteiger partial charge in [-0.15, -0.1) is 0 Å². The van der Waals surface area contributed by atoms with Crippen LogP contribution in [0.5, 0.6) is 5.75 Å². The highest BCUT2D eigenvalue weighted by Gasteiger charge is 2.14. The van der Waals surface area contributed by atoms with Gasteiger partial charge in [-0.2, -0.15) is 5.10 Å². The summed E-state index contributed by atoms with van der Waals surface area (Å²) in [6.07, 6.45) is 1.75. The Balaban J connectivity index is 1.98. The number of primary sulfonamides is 1. The maximum atomic E-state index is 11.4. The van der Waals surface area contributed by atoms with Crippen LogP contribution in [0.15, 0.2) is 59.6 Å². The molecule has 0 saturated heterocycles. The van der Waals surface area contributed by atoms with Crippen LogP contribution in [0, 0.1) is 0 Å². The van der Waals surface area contributed by atoms with Gasteiger partial charge in [0.25, 0.3) is 0 Å². The number of nitrogens with zero attached hydrogens (tertiary/aromatic N) is 2. The maximum Gasteiger partial charge on any atom is 0.238 e.